The Hall–Kier alpha value is -2.73. The van der Waals surface area contributed by atoms with Crippen LogP contribution in [0.25, 0.3) is 22.3 Å². The first-order valence-corrected chi connectivity index (χ1v) is 14.1. The van der Waals surface area contributed by atoms with Gasteiger partial charge in [0.1, 0.15) is 5.69 Å². The Balaban J connectivity index is 1.26. The highest BCUT2D eigenvalue weighted by atomic mass is 16.1. The Morgan fingerprint density at radius 3 is 2.19 bits per heavy atom. The number of hydrogen-bond donors (Lipinski definition) is 1. The van der Waals surface area contributed by atoms with E-state index in [1.807, 2.05) is 24.3 Å². The smallest absolute Gasteiger partial charge is 0.277 e. The van der Waals surface area contributed by atoms with E-state index in [0.29, 0.717) is 23.3 Å². The molecule has 4 fully saturated rings. The highest BCUT2D eigenvalue weighted by Crippen LogP contribution is 2.47. The number of para-hydroxylation sites is 2. The molecule has 2 aromatic heterocycles. The number of benzene rings is 1. The molecule has 4 atom stereocenters. The predicted octanol–water partition coefficient (Wildman–Crippen LogP) is 5.28. The van der Waals surface area contributed by atoms with Crippen molar-refractivity contribution in [3.63, 3.8) is 0 Å². The lowest BCUT2D eigenvalue weighted by Crippen LogP contribution is -2.58. The molecule has 2 aliphatic carbocycles. The summed E-state index contributed by atoms with van der Waals surface area (Å²) in [6.07, 6.45) is 16.1. The molecule has 2 aliphatic heterocycles. The van der Waals surface area contributed by atoms with E-state index in [9.17, 15) is 9.59 Å². The van der Waals surface area contributed by atoms with Gasteiger partial charge in [-0.3, -0.25) is 14.5 Å². The largest absolute Gasteiger partial charge is 0.328 e. The van der Waals surface area contributed by atoms with Crippen LogP contribution in [-0.4, -0.2) is 37.6 Å². The summed E-state index contributed by atoms with van der Waals surface area (Å²) >= 11 is 0. The van der Waals surface area contributed by atoms with Gasteiger partial charge in [0, 0.05) is 42.0 Å². The number of aromatic amines is 1. The second-order valence-electron chi connectivity index (χ2n) is 11.9. The van der Waals surface area contributed by atoms with E-state index < -0.39 is 0 Å². The summed E-state index contributed by atoms with van der Waals surface area (Å²) in [5, 5.41) is 0. The minimum absolute atomic E-state index is 0.0375. The molecule has 3 aromatic rings. The predicted molar refractivity (Wildman–Crippen MR) is 142 cm³/mol. The van der Waals surface area contributed by atoms with Gasteiger partial charge in [0.25, 0.3) is 5.56 Å². The second kappa shape index (κ2) is 8.98. The number of aromatic nitrogens is 3. The molecule has 6 nitrogen and oxygen atoms in total. The van der Waals surface area contributed by atoms with Crippen LogP contribution in [0.5, 0.6) is 0 Å². The molecule has 36 heavy (non-hydrogen) atoms. The summed E-state index contributed by atoms with van der Waals surface area (Å²) in [7, 11) is 0. The molecule has 4 bridgehead atoms. The quantitative estimate of drug-likeness (QED) is 0.549. The first kappa shape index (κ1) is 22.5. The summed E-state index contributed by atoms with van der Waals surface area (Å²) in [5.41, 5.74) is 2.66. The number of piperidine rings is 2. The molecule has 0 amide bonds. The summed E-state index contributed by atoms with van der Waals surface area (Å²) in [6.45, 7) is 0. The molecule has 188 valence electrons. The van der Waals surface area contributed by atoms with Gasteiger partial charge in [0.05, 0.1) is 11.0 Å². The third-order valence-corrected chi connectivity index (χ3v) is 9.75. The van der Waals surface area contributed by atoms with Crippen molar-refractivity contribution in [1.29, 1.82) is 0 Å². The second-order valence-corrected chi connectivity index (χ2v) is 11.9. The third-order valence-electron chi connectivity index (χ3n) is 9.75. The number of nitrogens with one attached hydrogen (secondary N) is 1. The maximum absolute atomic E-state index is 14.0. The van der Waals surface area contributed by atoms with E-state index in [4.69, 9.17) is 4.98 Å². The van der Waals surface area contributed by atoms with Crippen LogP contribution in [0.2, 0.25) is 0 Å². The lowest BCUT2D eigenvalue weighted by Gasteiger charge is -2.55. The van der Waals surface area contributed by atoms with E-state index in [1.54, 1.807) is 12.3 Å². The van der Waals surface area contributed by atoms with Crippen molar-refractivity contribution in [1.82, 2.24) is 19.4 Å². The average Bonchev–Trinajstić information content (AvgIpc) is 2.88. The highest BCUT2D eigenvalue weighted by molar-refractivity contribution is 5.77. The maximum atomic E-state index is 14.0. The van der Waals surface area contributed by atoms with Gasteiger partial charge >= 0.3 is 0 Å². The van der Waals surface area contributed by atoms with Crippen LogP contribution in [-0.2, 0) is 0 Å². The molecule has 6 heteroatoms. The van der Waals surface area contributed by atoms with E-state index >= 15 is 0 Å². The standard InChI is InChI=1S/C30H36N4O2/c35-28-12-11-21(18-31-28)29-30(36)34(27-10-2-1-9-26(27)32-29)25-16-22-7-4-8-23(17-25)33(22)24-14-19-5-3-6-20(13-19)15-24/h1-2,9-12,18-20,22-25H,3-8,13-17H2,(H,31,35)/t19-,20-,22-,23-/m0/s1. The summed E-state index contributed by atoms with van der Waals surface area (Å²) in [5.74, 6) is 1.88. The minimum Gasteiger partial charge on any atom is -0.328 e. The van der Waals surface area contributed by atoms with Gasteiger partial charge in [-0.05, 0) is 75.0 Å². The number of nitrogens with zero attached hydrogens (tertiary/aromatic N) is 3. The molecule has 2 saturated carbocycles. The van der Waals surface area contributed by atoms with Gasteiger partial charge in [0.2, 0.25) is 5.56 Å². The summed E-state index contributed by atoms with van der Waals surface area (Å²) < 4.78 is 2.06. The number of hydrogen-bond acceptors (Lipinski definition) is 4. The molecular weight excluding hydrogens is 448 g/mol. The van der Waals surface area contributed by atoms with Gasteiger partial charge in [-0.2, -0.15) is 0 Å². The molecule has 0 unspecified atom stereocenters. The van der Waals surface area contributed by atoms with E-state index in [2.05, 4.69) is 14.5 Å². The Bertz CT molecular complexity index is 1350. The first-order chi connectivity index (χ1) is 17.6. The average molecular weight is 485 g/mol. The van der Waals surface area contributed by atoms with Crippen molar-refractivity contribution in [2.75, 3.05) is 0 Å². The number of fused-ring (bicyclic) bond motifs is 5. The zero-order valence-electron chi connectivity index (χ0n) is 20.9. The first-order valence-electron chi connectivity index (χ1n) is 14.1. The van der Waals surface area contributed by atoms with Crippen LogP contribution in [0, 0.1) is 11.8 Å². The van der Waals surface area contributed by atoms with Gasteiger partial charge in [-0.1, -0.05) is 37.8 Å². The molecule has 1 N–H and O–H groups in total. The Labute approximate surface area is 211 Å². The molecular formula is C30H36N4O2. The fraction of sp³-hybridized carbons (Fsp3) is 0.567. The Morgan fingerprint density at radius 2 is 1.47 bits per heavy atom. The molecule has 7 rings (SSSR count). The van der Waals surface area contributed by atoms with Crippen LogP contribution in [0.3, 0.4) is 0 Å². The van der Waals surface area contributed by atoms with Crippen molar-refractivity contribution in [3.05, 3.63) is 63.3 Å². The van der Waals surface area contributed by atoms with Gasteiger partial charge in [0.15, 0.2) is 0 Å². The van der Waals surface area contributed by atoms with Crippen LogP contribution in [0.4, 0.5) is 0 Å². The molecule has 4 aliphatic rings. The molecule has 2 saturated heterocycles. The summed E-state index contributed by atoms with van der Waals surface area (Å²) in [6, 6.07) is 13.3. The normalized spacial score (nSPS) is 32.4. The molecule has 1 aromatic carbocycles. The minimum atomic E-state index is -0.174. The van der Waals surface area contributed by atoms with Crippen LogP contribution in [0.1, 0.15) is 76.7 Å². The van der Waals surface area contributed by atoms with Crippen LogP contribution in [0.15, 0.2) is 52.2 Å². The van der Waals surface area contributed by atoms with Crippen LogP contribution >= 0.6 is 0 Å². The lowest BCUT2D eigenvalue weighted by molar-refractivity contribution is -0.0485. The fourth-order valence-corrected chi connectivity index (χ4v) is 8.40. The molecule has 0 spiro atoms. The number of rotatable bonds is 3. The zero-order chi connectivity index (χ0) is 24.2. The Morgan fingerprint density at radius 1 is 0.750 bits per heavy atom. The van der Waals surface area contributed by atoms with Crippen molar-refractivity contribution in [2.24, 2.45) is 11.8 Å². The van der Waals surface area contributed by atoms with Crippen molar-refractivity contribution < 1.29 is 0 Å². The van der Waals surface area contributed by atoms with E-state index in [1.165, 1.54) is 63.9 Å². The van der Waals surface area contributed by atoms with E-state index in [0.717, 1.165) is 41.8 Å². The lowest BCUT2D eigenvalue weighted by atomic mass is 9.68. The number of H-pyrrole nitrogens is 1. The van der Waals surface area contributed by atoms with Crippen molar-refractivity contribution in [3.8, 4) is 11.3 Å². The van der Waals surface area contributed by atoms with Crippen molar-refractivity contribution in [2.45, 2.75) is 94.8 Å². The van der Waals surface area contributed by atoms with Crippen molar-refractivity contribution >= 4 is 11.0 Å². The monoisotopic (exact) mass is 484 g/mol. The molecule has 0 radical (unpaired) electrons. The maximum Gasteiger partial charge on any atom is 0.277 e. The topological polar surface area (TPSA) is 71.0 Å². The third kappa shape index (κ3) is 3.85. The highest BCUT2D eigenvalue weighted by Gasteiger charge is 2.45. The Kier molecular flexibility index (Phi) is 5.61. The number of pyridine rings is 1. The van der Waals surface area contributed by atoms with E-state index in [-0.39, 0.29) is 17.2 Å². The fourth-order valence-electron chi connectivity index (χ4n) is 8.40. The molecule has 4 heterocycles. The van der Waals surface area contributed by atoms with Gasteiger partial charge in [-0.25, -0.2) is 4.98 Å². The van der Waals surface area contributed by atoms with Gasteiger partial charge in [-0.15, -0.1) is 0 Å². The zero-order valence-corrected chi connectivity index (χ0v) is 20.9. The van der Waals surface area contributed by atoms with Crippen LogP contribution < -0.4 is 11.1 Å². The summed E-state index contributed by atoms with van der Waals surface area (Å²) in [4.78, 5) is 36.1. The van der Waals surface area contributed by atoms with Gasteiger partial charge < -0.3 is 9.55 Å². The SMILES string of the molecule is O=c1ccc(-c2nc3ccccc3n(C3C[C@@H]4CCC[C@@H](C3)N4C3C[C@H]4CCC[C@H](C3)C4)c2=O)c[nH]1.